The Morgan fingerprint density at radius 3 is 2.37 bits per heavy atom. The molecule has 0 spiro atoms. The average Bonchev–Trinajstić information content (AvgIpc) is 3.19. The minimum absolute atomic E-state index is 0.0286. The molecule has 0 radical (unpaired) electrons. The molecule has 1 aromatic rings. The molecule has 0 atom stereocenters. The lowest BCUT2D eigenvalue weighted by molar-refractivity contribution is -0.125. The molecule has 0 aromatic heterocycles. The molecule has 1 N–H and O–H groups in total. The molecule has 1 saturated heterocycles. The van der Waals surface area contributed by atoms with Crippen molar-refractivity contribution < 1.29 is 17.6 Å². The fourth-order valence-corrected chi connectivity index (χ4v) is 6.40. The van der Waals surface area contributed by atoms with E-state index in [-0.39, 0.29) is 16.7 Å². The third kappa shape index (κ3) is 5.45. The number of hydrogen-bond donors (Lipinski definition) is 1. The highest BCUT2D eigenvalue weighted by atomic mass is 32.2. The zero-order valence-electron chi connectivity index (χ0n) is 15.4. The number of nitrogens with one attached hydrogen (secondary N) is 1. The monoisotopic (exact) mass is 414 g/mol. The van der Waals surface area contributed by atoms with Crippen LogP contribution in [0.1, 0.15) is 38.5 Å². The Morgan fingerprint density at radius 1 is 1.11 bits per heavy atom. The van der Waals surface area contributed by atoms with Crippen LogP contribution in [0.25, 0.3) is 0 Å². The van der Waals surface area contributed by atoms with Crippen LogP contribution in [0.3, 0.4) is 0 Å². The third-order valence-corrected chi connectivity index (χ3v) is 8.63. The Labute approximate surface area is 165 Å². The van der Waals surface area contributed by atoms with Crippen LogP contribution in [0.5, 0.6) is 0 Å². The van der Waals surface area contributed by atoms with Crippen LogP contribution in [-0.2, 0) is 14.8 Å². The summed E-state index contributed by atoms with van der Waals surface area (Å²) in [6, 6.07) is 4.87. The van der Waals surface area contributed by atoms with Crippen LogP contribution in [0.4, 0.5) is 4.39 Å². The number of rotatable bonds is 7. The molecular formula is C19H27FN2O3S2. The maximum Gasteiger partial charge on any atom is 0.243 e. The molecule has 27 heavy (non-hydrogen) atoms. The molecule has 0 unspecified atom stereocenters. The summed E-state index contributed by atoms with van der Waals surface area (Å²) in [5.41, 5.74) is 0. The highest BCUT2D eigenvalue weighted by molar-refractivity contribution is 7.99. The third-order valence-electron chi connectivity index (χ3n) is 5.33. The van der Waals surface area contributed by atoms with Crippen LogP contribution >= 0.6 is 11.8 Å². The van der Waals surface area contributed by atoms with Gasteiger partial charge in [0.15, 0.2) is 0 Å². The summed E-state index contributed by atoms with van der Waals surface area (Å²) >= 11 is 1.95. The van der Waals surface area contributed by atoms with Crippen molar-refractivity contribution in [2.75, 3.05) is 25.4 Å². The maximum atomic E-state index is 13.0. The van der Waals surface area contributed by atoms with Crippen molar-refractivity contribution in [1.82, 2.24) is 9.62 Å². The number of amides is 1. The van der Waals surface area contributed by atoms with E-state index in [0.717, 1.165) is 23.1 Å². The first-order valence-corrected chi connectivity index (χ1v) is 12.1. The molecule has 1 amide bonds. The summed E-state index contributed by atoms with van der Waals surface area (Å²) in [7, 11) is -3.63. The van der Waals surface area contributed by atoms with Gasteiger partial charge in [-0.2, -0.15) is 16.1 Å². The number of nitrogens with zero attached hydrogens (tertiary/aromatic N) is 1. The first-order chi connectivity index (χ1) is 13.0. The second kappa shape index (κ2) is 9.39. The van der Waals surface area contributed by atoms with Gasteiger partial charge in [0.2, 0.25) is 15.9 Å². The molecule has 0 bridgehead atoms. The minimum Gasteiger partial charge on any atom is -0.355 e. The SMILES string of the molecule is O=C(NCCSC1CCCC1)C1CCN(S(=O)(=O)c2ccc(F)cc2)CC1. The number of carbonyl (C=O) groups excluding carboxylic acids is 1. The van der Waals surface area contributed by atoms with Gasteiger partial charge in [-0.3, -0.25) is 4.79 Å². The van der Waals surface area contributed by atoms with Crippen molar-refractivity contribution in [2.24, 2.45) is 5.92 Å². The van der Waals surface area contributed by atoms with Gasteiger partial charge in [0, 0.05) is 36.6 Å². The van der Waals surface area contributed by atoms with E-state index in [9.17, 15) is 17.6 Å². The summed E-state index contributed by atoms with van der Waals surface area (Å²) in [5.74, 6) is 0.367. The number of hydrogen-bond acceptors (Lipinski definition) is 4. The quantitative estimate of drug-likeness (QED) is 0.697. The van der Waals surface area contributed by atoms with E-state index in [1.165, 1.54) is 42.1 Å². The van der Waals surface area contributed by atoms with Crippen molar-refractivity contribution in [3.05, 3.63) is 30.1 Å². The lowest BCUT2D eigenvalue weighted by Gasteiger charge is -2.30. The normalized spacial score (nSPS) is 20.0. The van der Waals surface area contributed by atoms with Crippen molar-refractivity contribution >= 4 is 27.7 Å². The number of sulfonamides is 1. The number of benzene rings is 1. The second-order valence-electron chi connectivity index (χ2n) is 7.20. The molecule has 2 aliphatic rings. The van der Waals surface area contributed by atoms with Gasteiger partial charge in [-0.05, 0) is 49.9 Å². The van der Waals surface area contributed by atoms with Crippen molar-refractivity contribution in [2.45, 2.75) is 48.7 Å². The Bertz CT molecular complexity index is 726. The molecule has 1 aromatic carbocycles. The van der Waals surface area contributed by atoms with Crippen LogP contribution < -0.4 is 5.32 Å². The fraction of sp³-hybridized carbons (Fsp3) is 0.632. The van der Waals surface area contributed by atoms with E-state index in [2.05, 4.69) is 5.32 Å². The molecule has 1 aliphatic heterocycles. The maximum absolute atomic E-state index is 13.0. The van der Waals surface area contributed by atoms with E-state index in [1.807, 2.05) is 11.8 Å². The molecule has 1 saturated carbocycles. The highest BCUT2D eigenvalue weighted by Gasteiger charge is 2.32. The van der Waals surface area contributed by atoms with E-state index >= 15 is 0 Å². The van der Waals surface area contributed by atoms with Gasteiger partial charge in [-0.15, -0.1) is 0 Å². The van der Waals surface area contributed by atoms with E-state index < -0.39 is 15.8 Å². The minimum atomic E-state index is -3.63. The van der Waals surface area contributed by atoms with Crippen molar-refractivity contribution in [1.29, 1.82) is 0 Å². The van der Waals surface area contributed by atoms with Gasteiger partial charge in [-0.1, -0.05) is 12.8 Å². The van der Waals surface area contributed by atoms with Crippen LogP contribution in [0.15, 0.2) is 29.2 Å². The first kappa shape index (κ1) is 20.6. The van der Waals surface area contributed by atoms with Crippen molar-refractivity contribution in [3.63, 3.8) is 0 Å². The Morgan fingerprint density at radius 2 is 1.74 bits per heavy atom. The van der Waals surface area contributed by atoms with Gasteiger partial charge in [0.05, 0.1) is 4.90 Å². The molecule has 1 aliphatic carbocycles. The van der Waals surface area contributed by atoms with Gasteiger partial charge in [0.1, 0.15) is 5.82 Å². The number of carbonyl (C=O) groups is 1. The Balaban J connectivity index is 1.42. The molecule has 5 nitrogen and oxygen atoms in total. The van der Waals surface area contributed by atoms with Gasteiger partial charge in [-0.25, -0.2) is 12.8 Å². The summed E-state index contributed by atoms with van der Waals surface area (Å²) in [4.78, 5) is 12.4. The molecule has 8 heteroatoms. The lowest BCUT2D eigenvalue weighted by Crippen LogP contribution is -2.43. The average molecular weight is 415 g/mol. The number of piperidine rings is 1. The Hall–Kier alpha value is -1.12. The Kier molecular flexibility index (Phi) is 7.16. The summed E-state index contributed by atoms with van der Waals surface area (Å²) in [5, 5.41) is 3.75. The van der Waals surface area contributed by atoms with Crippen molar-refractivity contribution in [3.8, 4) is 0 Å². The van der Waals surface area contributed by atoms with Gasteiger partial charge >= 0.3 is 0 Å². The van der Waals surface area contributed by atoms with Crippen LogP contribution in [0.2, 0.25) is 0 Å². The van der Waals surface area contributed by atoms with Gasteiger partial charge in [0.25, 0.3) is 0 Å². The van der Waals surface area contributed by atoms with Crippen LogP contribution in [-0.4, -0.2) is 49.3 Å². The lowest BCUT2D eigenvalue weighted by atomic mass is 9.97. The standard InChI is InChI=1S/C19H27FN2O3S2/c20-16-5-7-18(8-6-16)27(24,25)22-12-9-15(10-13-22)19(23)21-11-14-26-17-3-1-2-4-17/h5-8,15,17H,1-4,9-14H2,(H,21,23). The summed E-state index contributed by atoms with van der Waals surface area (Å²) < 4.78 is 39.6. The molecule has 3 rings (SSSR count). The molecular weight excluding hydrogens is 387 g/mol. The summed E-state index contributed by atoms with van der Waals surface area (Å²) in [6.07, 6.45) is 6.26. The zero-order valence-corrected chi connectivity index (χ0v) is 17.0. The largest absolute Gasteiger partial charge is 0.355 e. The molecule has 2 fully saturated rings. The van der Waals surface area contributed by atoms with E-state index in [4.69, 9.17) is 0 Å². The van der Waals surface area contributed by atoms with Crippen LogP contribution in [0, 0.1) is 11.7 Å². The molecule has 1 heterocycles. The van der Waals surface area contributed by atoms with E-state index in [1.54, 1.807) is 0 Å². The number of halogens is 1. The fourth-order valence-electron chi connectivity index (χ4n) is 3.71. The second-order valence-corrected chi connectivity index (χ2v) is 10.5. The topological polar surface area (TPSA) is 66.5 Å². The van der Waals surface area contributed by atoms with E-state index in [0.29, 0.717) is 32.5 Å². The zero-order chi connectivity index (χ0) is 19.3. The highest BCUT2D eigenvalue weighted by Crippen LogP contribution is 2.29. The number of thioether (sulfide) groups is 1. The predicted octanol–water partition coefficient (Wildman–Crippen LogP) is 3.02. The molecule has 150 valence electrons. The first-order valence-electron chi connectivity index (χ1n) is 9.62. The smallest absolute Gasteiger partial charge is 0.243 e. The van der Waals surface area contributed by atoms with Gasteiger partial charge < -0.3 is 5.32 Å². The predicted molar refractivity (Wildman–Crippen MR) is 106 cm³/mol. The summed E-state index contributed by atoms with van der Waals surface area (Å²) in [6.45, 7) is 1.30.